The van der Waals surface area contributed by atoms with E-state index in [9.17, 15) is 18.0 Å². The standard InChI is InChI=1S/C22H22ClF3N2O3/c23-17-7-3-6-16(22(24,25)26)21(17)27-20(29)12-28(15-4-1-2-5-15)11-14-8-9-18-19(10-14)31-13-30-18/h3,6-10,15H,1-2,4-5,11-13H2,(H,27,29). The number of fused-ring (bicyclic) bond motifs is 1. The number of halogens is 4. The lowest BCUT2D eigenvalue weighted by Gasteiger charge is -2.28. The molecule has 0 atom stereocenters. The Hall–Kier alpha value is -2.45. The molecular weight excluding hydrogens is 433 g/mol. The van der Waals surface area contributed by atoms with Crippen LogP contribution in [0, 0.1) is 0 Å². The third-order valence-electron chi connectivity index (χ3n) is 5.59. The summed E-state index contributed by atoms with van der Waals surface area (Å²) in [5, 5.41) is 2.24. The number of hydrogen-bond donors (Lipinski definition) is 1. The predicted molar refractivity (Wildman–Crippen MR) is 110 cm³/mol. The quantitative estimate of drug-likeness (QED) is 0.628. The first-order valence-electron chi connectivity index (χ1n) is 10.1. The van der Waals surface area contributed by atoms with E-state index in [-0.39, 0.29) is 24.4 Å². The number of alkyl halides is 3. The van der Waals surface area contributed by atoms with Crippen molar-refractivity contribution >= 4 is 23.2 Å². The topological polar surface area (TPSA) is 50.8 Å². The Morgan fingerprint density at radius 2 is 1.87 bits per heavy atom. The molecule has 0 unspecified atom stereocenters. The van der Waals surface area contributed by atoms with Gasteiger partial charge in [-0.2, -0.15) is 13.2 Å². The maximum atomic E-state index is 13.3. The van der Waals surface area contributed by atoms with E-state index in [4.69, 9.17) is 21.1 Å². The number of carbonyl (C=O) groups is 1. The van der Waals surface area contributed by atoms with E-state index in [1.54, 1.807) is 0 Å². The summed E-state index contributed by atoms with van der Waals surface area (Å²) in [6.07, 6.45) is -0.611. The Bertz CT molecular complexity index is 962. The van der Waals surface area contributed by atoms with E-state index in [1.165, 1.54) is 12.1 Å². The molecular formula is C22H22ClF3N2O3. The second-order valence-corrected chi connectivity index (χ2v) is 8.15. The highest BCUT2D eigenvalue weighted by Gasteiger charge is 2.35. The minimum atomic E-state index is -4.62. The van der Waals surface area contributed by atoms with Gasteiger partial charge in [-0.1, -0.05) is 36.6 Å². The largest absolute Gasteiger partial charge is 0.454 e. The molecule has 9 heteroatoms. The fraction of sp³-hybridized carbons (Fsp3) is 0.409. The second kappa shape index (κ2) is 8.96. The van der Waals surface area contributed by atoms with Crippen LogP contribution in [-0.4, -0.2) is 30.2 Å². The van der Waals surface area contributed by atoms with Crippen molar-refractivity contribution in [3.63, 3.8) is 0 Å². The lowest BCUT2D eigenvalue weighted by atomic mass is 10.1. The molecule has 0 bridgehead atoms. The normalized spacial score (nSPS) is 16.2. The Morgan fingerprint density at radius 3 is 2.61 bits per heavy atom. The summed E-state index contributed by atoms with van der Waals surface area (Å²) in [4.78, 5) is 14.8. The van der Waals surface area contributed by atoms with E-state index < -0.39 is 23.3 Å². The van der Waals surface area contributed by atoms with Gasteiger partial charge in [0.25, 0.3) is 0 Å². The van der Waals surface area contributed by atoms with Gasteiger partial charge >= 0.3 is 6.18 Å². The zero-order valence-electron chi connectivity index (χ0n) is 16.7. The number of carbonyl (C=O) groups excluding carboxylic acids is 1. The third kappa shape index (κ3) is 5.07. The van der Waals surface area contributed by atoms with Gasteiger partial charge in [-0.15, -0.1) is 0 Å². The molecule has 2 aromatic rings. The number of ether oxygens (including phenoxy) is 2. The highest BCUT2D eigenvalue weighted by molar-refractivity contribution is 6.34. The van der Waals surface area contributed by atoms with Crippen molar-refractivity contribution in [1.29, 1.82) is 0 Å². The van der Waals surface area contributed by atoms with Crippen molar-refractivity contribution in [3.05, 3.63) is 52.5 Å². The molecule has 1 amide bonds. The van der Waals surface area contributed by atoms with Crippen molar-refractivity contribution in [2.24, 2.45) is 0 Å². The summed E-state index contributed by atoms with van der Waals surface area (Å²) in [5.74, 6) is 0.790. The van der Waals surface area contributed by atoms with Crippen LogP contribution < -0.4 is 14.8 Å². The molecule has 2 aromatic carbocycles. The molecule has 0 radical (unpaired) electrons. The van der Waals surface area contributed by atoms with Crippen molar-refractivity contribution in [1.82, 2.24) is 4.90 Å². The van der Waals surface area contributed by atoms with Gasteiger partial charge in [-0.3, -0.25) is 9.69 Å². The van der Waals surface area contributed by atoms with Crippen LogP contribution in [0.1, 0.15) is 36.8 Å². The lowest BCUT2D eigenvalue weighted by Crippen LogP contribution is -2.39. The van der Waals surface area contributed by atoms with Gasteiger partial charge in [0.2, 0.25) is 12.7 Å². The van der Waals surface area contributed by atoms with Crippen LogP contribution in [0.5, 0.6) is 11.5 Å². The summed E-state index contributed by atoms with van der Waals surface area (Å²) >= 11 is 5.97. The number of nitrogens with one attached hydrogen (secondary N) is 1. The van der Waals surface area contributed by atoms with Gasteiger partial charge in [0, 0.05) is 12.6 Å². The summed E-state index contributed by atoms with van der Waals surface area (Å²) in [7, 11) is 0. The van der Waals surface area contributed by atoms with Crippen LogP contribution in [0.4, 0.5) is 18.9 Å². The molecule has 0 aromatic heterocycles. The van der Waals surface area contributed by atoms with Crippen LogP contribution in [0.15, 0.2) is 36.4 Å². The third-order valence-corrected chi connectivity index (χ3v) is 5.91. The number of hydrogen-bond acceptors (Lipinski definition) is 4. The average Bonchev–Trinajstić information content (AvgIpc) is 3.39. The second-order valence-electron chi connectivity index (χ2n) is 7.74. The molecule has 0 saturated heterocycles. The van der Waals surface area contributed by atoms with E-state index in [0.717, 1.165) is 37.3 Å². The van der Waals surface area contributed by atoms with Crippen LogP contribution in [0.25, 0.3) is 0 Å². The molecule has 5 nitrogen and oxygen atoms in total. The Balaban J connectivity index is 1.51. The zero-order valence-corrected chi connectivity index (χ0v) is 17.4. The van der Waals surface area contributed by atoms with Gasteiger partial charge in [0.1, 0.15) is 0 Å². The van der Waals surface area contributed by atoms with Crippen molar-refractivity contribution in [2.45, 2.75) is 44.4 Å². The molecule has 0 spiro atoms. The first-order valence-corrected chi connectivity index (χ1v) is 10.5. The van der Waals surface area contributed by atoms with Crippen LogP contribution in [0.2, 0.25) is 5.02 Å². The molecule has 1 fully saturated rings. The Morgan fingerprint density at radius 1 is 1.13 bits per heavy atom. The minimum Gasteiger partial charge on any atom is -0.454 e. The van der Waals surface area contributed by atoms with Crippen molar-refractivity contribution < 1.29 is 27.4 Å². The smallest absolute Gasteiger partial charge is 0.418 e. The summed E-state index contributed by atoms with van der Waals surface area (Å²) in [6.45, 7) is 0.609. The molecule has 1 saturated carbocycles. The van der Waals surface area contributed by atoms with Crippen molar-refractivity contribution in [2.75, 3.05) is 18.7 Å². The number of anilines is 1. The summed E-state index contributed by atoms with van der Waals surface area (Å²) < 4.78 is 50.8. The number of benzene rings is 2. The van der Waals surface area contributed by atoms with E-state index in [0.29, 0.717) is 18.0 Å². The molecule has 1 aliphatic carbocycles. The maximum Gasteiger partial charge on any atom is 0.418 e. The maximum absolute atomic E-state index is 13.3. The summed E-state index contributed by atoms with van der Waals surface area (Å²) in [5.41, 5.74) is -0.426. The highest BCUT2D eigenvalue weighted by Crippen LogP contribution is 2.38. The van der Waals surface area contributed by atoms with Crippen LogP contribution in [-0.2, 0) is 17.5 Å². The van der Waals surface area contributed by atoms with Gasteiger partial charge in [-0.05, 0) is 42.7 Å². The number of rotatable bonds is 6. The molecule has 4 rings (SSSR count). The van der Waals surface area contributed by atoms with Crippen LogP contribution in [0.3, 0.4) is 0 Å². The lowest BCUT2D eigenvalue weighted by molar-refractivity contribution is -0.137. The molecule has 1 aliphatic heterocycles. The molecule has 31 heavy (non-hydrogen) atoms. The number of para-hydroxylation sites is 1. The first kappa shape index (κ1) is 21.8. The van der Waals surface area contributed by atoms with Gasteiger partial charge in [0.15, 0.2) is 11.5 Å². The minimum absolute atomic E-state index is 0.0401. The highest BCUT2D eigenvalue weighted by atomic mass is 35.5. The fourth-order valence-corrected chi connectivity index (χ4v) is 4.33. The summed E-state index contributed by atoms with van der Waals surface area (Å²) in [6, 6.07) is 9.23. The number of nitrogens with zero attached hydrogens (tertiary/aromatic N) is 1. The molecule has 2 aliphatic rings. The van der Waals surface area contributed by atoms with Crippen molar-refractivity contribution in [3.8, 4) is 11.5 Å². The molecule has 1 heterocycles. The van der Waals surface area contributed by atoms with E-state index in [1.807, 2.05) is 23.1 Å². The monoisotopic (exact) mass is 454 g/mol. The van der Waals surface area contributed by atoms with E-state index >= 15 is 0 Å². The average molecular weight is 455 g/mol. The fourth-order valence-electron chi connectivity index (χ4n) is 4.11. The first-order chi connectivity index (χ1) is 14.8. The number of amides is 1. The van der Waals surface area contributed by atoms with Gasteiger partial charge < -0.3 is 14.8 Å². The van der Waals surface area contributed by atoms with Gasteiger partial charge in [-0.25, -0.2) is 0 Å². The zero-order chi connectivity index (χ0) is 22.0. The van der Waals surface area contributed by atoms with Crippen LogP contribution >= 0.6 is 11.6 Å². The Kier molecular flexibility index (Phi) is 6.29. The predicted octanol–water partition coefficient (Wildman–Crippen LogP) is 5.47. The Labute approximate surface area is 183 Å². The van der Waals surface area contributed by atoms with E-state index in [2.05, 4.69) is 5.32 Å². The van der Waals surface area contributed by atoms with Gasteiger partial charge in [0.05, 0.1) is 22.8 Å². The molecule has 1 N–H and O–H groups in total. The SMILES string of the molecule is O=C(CN(Cc1ccc2c(c1)OCO2)C1CCCC1)Nc1c(Cl)cccc1C(F)(F)F. The molecule has 166 valence electrons.